The Morgan fingerprint density at radius 3 is 2.70 bits per heavy atom. The van der Waals surface area contributed by atoms with Crippen LogP contribution in [0.1, 0.15) is 16.9 Å². The number of nitrogens with zero attached hydrogens (tertiary/aromatic N) is 1. The lowest BCUT2D eigenvalue weighted by Gasteiger charge is -2.22. The number of benzene rings is 2. The standard InChI is InChI=1S/C21H19ClFNO3/c1-15-10-17(22)7-8-20(15)27-14-21(25)24(13-19-6-3-9-26-19)12-16-4-2-5-18(23)11-16/h2-11H,12-14H2,1H3. The molecule has 0 aliphatic heterocycles. The molecule has 1 amide bonds. The first-order chi connectivity index (χ1) is 13.0. The molecule has 0 N–H and O–H groups in total. The lowest BCUT2D eigenvalue weighted by molar-refractivity contribution is -0.134. The smallest absolute Gasteiger partial charge is 0.261 e. The van der Waals surface area contributed by atoms with Gasteiger partial charge in [0, 0.05) is 11.6 Å². The molecule has 27 heavy (non-hydrogen) atoms. The molecule has 0 aliphatic carbocycles. The fourth-order valence-electron chi connectivity index (χ4n) is 2.68. The molecular formula is C21H19ClFNO3. The predicted octanol–water partition coefficient (Wildman–Crippen LogP) is 4.99. The van der Waals surface area contributed by atoms with E-state index in [9.17, 15) is 9.18 Å². The molecule has 0 atom stereocenters. The van der Waals surface area contributed by atoms with E-state index in [1.54, 1.807) is 53.6 Å². The fourth-order valence-corrected chi connectivity index (χ4v) is 2.91. The quantitative estimate of drug-likeness (QED) is 0.573. The molecular weight excluding hydrogens is 369 g/mol. The van der Waals surface area contributed by atoms with Gasteiger partial charge in [-0.25, -0.2) is 4.39 Å². The maximum atomic E-state index is 13.5. The van der Waals surface area contributed by atoms with Crippen molar-refractivity contribution in [3.05, 3.63) is 88.6 Å². The molecule has 1 heterocycles. The highest BCUT2D eigenvalue weighted by Gasteiger charge is 2.17. The van der Waals surface area contributed by atoms with Gasteiger partial charge in [-0.2, -0.15) is 0 Å². The molecule has 0 bridgehead atoms. The van der Waals surface area contributed by atoms with Crippen LogP contribution < -0.4 is 4.74 Å². The van der Waals surface area contributed by atoms with Crippen LogP contribution in [0.5, 0.6) is 5.75 Å². The van der Waals surface area contributed by atoms with E-state index in [-0.39, 0.29) is 31.4 Å². The third-order valence-corrected chi connectivity index (χ3v) is 4.27. The maximum Gasteiger partial charge on any atom is 0.261 e. The van der Waals surface area contributed by atoms with Crippen molar-refractivity contribution >= 4 is 17.5 Å². The van der Waals surface area contributed by atoms with Crippen molar-refractivity contribution < 1.29 is 18.3 Å². The van der Waals surface area contributed by atoms with Gasteiger partial charge in [-0.15, -0.1) is 0 Å². The molecule has 1 aromatic heterocycles. The Balaban J connectivity index is 1.71. The Bertz CT molecular complexity index is 912. The summed E-state index contributed by atoms with van der Waals surface area (Å²) in [5, 5.41) is 0.608. The second-order valence-corrected chi connectivity index (χ2v) is 6.59. The summed E-state index contributed by atoms with van der Waals surface area (Å²) in [7, 11) is 0. The van der Waals surface area contributed by atoms with Crippen molar-refractivity contribution in [2.24, 2.45) is 0 Å². The second-order valence-electron chi connectivity index (χ2n) is 6.16. The van der Waals surface area contributed by atoms with Crippen LogP contribution in [0.4, 0.5) is 4.39 Å². The lowest BCUT2D eigenvalue weighted by Crippen LogP contribution is -2.34. The van der Waals surface area contributed by atoms with E-state index < -0.39 is 0 Å². The first-order valence-corrected chi connectivity index (χ1v) is 8.82. The number of carbonyl (C=O) groups excluding carboxylic acids is 1. The zero-order valence-electron chi connectivity index (χ0n) is 14.8. The summed E-state index contributed by atoms with van der Waals surface area (Å²) in [6.07, 6.45) is 1.55. The zero-order valence-corrected chi connectivity index (χ0v) is 15.6. The number of amides is 1. The van der Waals surface area contributed by atoms with Crippen LogP contribution in [0.15, 0.2) is 65.3 Å². The summed E-state index contributed by atoms with van der Waals surface area (Å²) in [5.41, 5.74) is 1.54. The number of hydrogen-bond donors (Lipinski definition) is 0. The van der Waals surface area contributed by atoms with Crippen LogP contribution in [0.3, 0.4) is 0 Å². The highest BCUT2D eigenvalue weighted by atomic mass is 35.5. The van der Waals surface area contributed by atoms with Crippen molar-refractivity contribution in [2.45, 2.75) is 20.0 Å². The minimum absolute atomic E-state index is 0.140. The Morgan fingerprint density at radius 2 is 2.00 bits per heavy atom. The van der Waals surface area contributed by atoms with Gasteiger partial charge in [0.2, 0.25) is 0 Å². The number of aryl methyl sites for hydroxylation is 1. The Kier molecular flexibility index (Phi) is 6.14. The molecule has 0 saturated carbocycles. The number of ether oxygens (including phenoxy) is 1. The molecule has 0 saturated heterocycles. The molecule has 140 valence electrons. The average molecular weight is 388 g/mol. The van der Waals surface area contributed by atoms with Crippen molar-refractivity contribution in [1.82, 2.24) is 4.90 Å². The van der Waals surface area contributed by atoms with Gasteiger partial charge < -0.3 is 14.1 Å². The normalized spacial score (nSPS) is 10.6. The van der Waals surface area contributed by atoms with E-state index in [1.165, 1.54) is 12.1 Å². The molecule has 0 radical (unpaired) electrons. The van der Waals surface area contributed by atoms with Gasteiger partial charge in [-0.3, -0.25) is 4.79 Å². The molecule has 0 unspecified atom stereocenters. The lowest BCUT2D eigenvalue weighted by atomic mass is 10.2. The molecule has 0 aliphatic rings. The molecule has 6 heteroatoms. The molecule has 3 rings (SSSR count). The molecule has 2 aromatic carbocycles. The van der Waals surface area contributed by atoms with Gasteiger partial charge in [0.1, 0.15) is 17.3 Å². The minimum Gasteiger partial charge on any atom is -0.483 e. The van der Waals surface area contributed by atoms with Crippen molar-refractivity contribution in [3.8, 4) is 5.75 Å². The van der Waals surface area contributed by atoms with E-state index in [2.05, 4.69) is 0 Å². The maximum absolute atomic E-state index is 13.5. The molecule has 0 fully saturated rings. The summed E-state index contributed by atoms with van der Waals surface area (Å²) in [4.78, 5) is 14.3. The second kappa shape index (κ2) is 8.73. The Labute approximate surface area is 162 Å². The van der Waals surface area contributed by atoms with Crippen LogP contribution in [0, 0.1) is 12.7 Å². The van der Waals surface area contributed by atoms with Crippen molar-refractivity contribution in [3.63, 3.8) is 0 Å². The van der Waals surface area contributed by atoms with E-state index in [4.69, 9.17) is 20.8 Å². The highest BCUT2D eigenvalue weighted by molar-refractivity contribution is 6.30. The van der Waals surface area contributed by atoms with Crippen LogP contribution >= 0.6 is 11.6 Å². The molecule has 3 aromatic rings. The van der Waals surface area contributed by atoms with Crippen LogP contribution in [-0.2, 0) is 17.9 Å². The van der Waals surface area contributed by atoms with Gasteiger partial charge >= 0.3 is 0 Å². The summed E-state index contributed by atoms with van der Waals surface area (Å²) in [6.45, 7) is 2.24. The molecule has 4 nitrogen and oxygen atoms in total. The van der Waals surface area contributed by atoms with Gasteiger partial charge in [0.05, 0.1) is 12.8 Å². The van der Waals surface area contributed by atoms with Gasteiger partial charge in [-0.05, 0) is 60.5 Å². The number of halogens is 2. The summed E-state index contributed by atoms with van der Waals surface area (Å²) in [6, 6.07) is 14.9. The highest BCUT2D eigenvalue weighted by Crippen LogP contribution is 2.22. The third kappa shape index (κ3) is 5.34. The van der Waals surface area contributed by atoms with E-state index >= 15 is 0 Å². The summed E-state index contributed by atoms with van der Waals surface area (Å²) >= 11 is 5.94. The number of hydrogen-bond acceptors (Lipinski definition) is 3. The number of carbonyl (C=O) groups is 1. The van der Waals surface area contributed by atoms with Crippen molar-refractivity contribution in [1.29, 1.82) is 0 Å². The summed E-state index contributed by atoms with van der Waals surface area (Å²) in [5.74, 6) is 0.662. The Hall–Kier alpha value is -2.79. The van der Waals surface area contributed by atoms with Crippen molar-refractivity contribution in [2.75, 3.05) is 6.61 Å². The first-order valence-electron chi connectivity index (χ1n) is 8.45. The van der Waals surface area contributed by atoms with Gasteiger partial charge in [-0.1, -0.05) is 23.7 Å². The topological polar surface area (TPSA) is 42.7 Å². The monoisotopic (exact) mass is 387 g/mol. The third-order valence-electron chi connectivity index (χ3n) is 4.03. The minimum atomic E-state index is -0.342. The van der Waals surface area contributed by atoms with Crippen LogP contribution in [0.2, 0.25) is 5.02 Å². The average Bonchev–Trinajstić information content (AvgIpc) is 3.13. The van der Waals surface area contributed by atoms with Gasteiger partial charge in [0.15, 0.2) is 6.61 Å². The number of rotatable bonds is 7. The molecule has 0 spiro atoms. The van der Waals surface area contributed by atoms with Gasteiger partial charge in [0.25, 0.3) is 5.91 Å². The predicted molar refractivity (Wildman–Crippen MR) is 101 cm³/mol. The van der Waals surface area contributed by atoms with E-state index in [0.29, 0.717) is 22.1 Å². The summed E-state index contributed by atoms with van der Waals surface area (Å²) < 4.78 is 24.5. The zero-order chi connectivity index (χ0) is 19.2. The van der Waals surface area contributed by atoms with E-state index in [1.807, 2.05) is 6.92 Å². The largest absolute Gasteiger partial charge is 0.483 e. The van der Waals surface area contributed by atoms with Crippen LogP contribution in [-0.4, -0.2) is 17.4 Å². The SMILES string of the molecule is Cc1cc(Cl)ccc1OCC(=O)N(Cc1cccc(F)c1)Cc1ccco1. The van der Waals surface area contributed by atoms with Crippen LogP contribution in [0.25, 0.3) is 0 Å². The number of furan rings is 1. The first kappa shape index (κ1) is 19.0. The van der Waals surface area contributed by atoms with E-state index in [0.717, 1.165) is 5.56 Å². The fraction of sp³-hybridized carbons (Fsp3) is 0.190. The Morgan fingerprint density at radius 1 is 1.15 bits per heavy atom.